The van der Waals surface area contributed by atoms with Gasteiger partial charge in [-0.25, -0.2) is 0 Å². The van der Waals surface area contributed by atoms with Gasteiger partial charge in [-0.1, -0.05) is 67.4 Å². The highest BCUT2D eigenvalue weighted by molar-refractivity contribution is 6.21. The minimum Gasteiger partial charge on any atom is -0.301 e. The van der Waals surface area contributed by atoms with Gasteiger partial charge in [0, 0.05) is 23.9 Å². The van der Waals surface area contributed by atoms with E-state index in [0.29, 0.717) is 17.3 Å². The SMILES string of the molecule is CC(C)N(CCCc1ccc(C2CCCCC2Cl)cc1)CCc1ccccc1. The zero-order valence-electron chi connectivity index (χ0n) is 17.6. The van der Waals surface area contributed by atoms with Crippen molar-refractivity contribution in [2.75, 3.05) is 13.1 Å². The van der Waals surface area contributed by atoms with Crippen LogP contribution in [0.3, 0.4) is 0 Å². The Bertz CT molecular complexity index is 679. The van der Waals surface area contributed by atoms with Crippen molar-refractivity contribution >= 4 is 11.6 Å². The second kappa shape index (κ2) is 11.0. The van der Waals surface area contributed by atoms with Crippen LogP contribution in [0.4, 0.5) is 0 Å². The molecule has 0 amide bonds. The molecule has 152 valence electrons. The molecule has 1 aliphatic rings. The van der Waals surface area contributed by atoms with Crippen molar-refractivity contribution in [3.8, 4) is 0 Å². The average Bonchev–Trinajstić information content (AvgIpc) is 2.72. The fraction of sp³-hybridized carbons (Fsp3) is 0.538. The quantitative estimate of drug-likeness (QED) is 0.419. The topological polar surface area (TPSA) is 3.24 Å². The molecule has 0 radical (unpaired) electrons. The maximum atomic E-state index is 6.57. The largest absolute Gasteiger partial charge is 0.301 e. The lowest BCUT2D eigenvalue weighted by molar-refractivity contribution is 0.222. The van der Waals surface area contributed by atoms with Crippen LogP contribution in [0.15, 0.2) is 54.6 Å². The fourth-order valence-corrected chi connectivity index (χ4v) is 4.85. The van der Waals surface area contributed by atoms with Gasteiger partial charge in [0.05, 0.1) is 0 Å². The molecule has 1 fully saturated rings. The molecule has 1 saturated carbocycles. The number of nitrogens with zero attached hydrogens (tertiary/aromatic N) is 1. The molecule has 28 heavy (non-hydrogen) atoms. The molecule has 0 aliphatic heterocycles. The number of rotatable bonds is 9. The first-order valence-corrected chi connectivity index (χ1v) is 11.6. The number of hydrogen-bond acceptors (Lipinski definition) is 1. The van der Waals surface area contributed by atoms with Gasteiger partial charge in [0.1, 0.15) is 0 Å². The molecule has 0 spiro atoms. The summed E-state index contributed by atoms with van der Waals surface area (Å²) in [6, 6.07) is 20.8. The lowest BCUT2D eigenvalue weighted by atomic mass is 9.83. The molecule has 3 rings (SSSR count). The Labute approximate surface area is 177 Å². The van der Waals surface area contributed by atoms with Crippen molar-refractivity contribution in [2.45, 2.75) is 76.1 Å². The standard InChI is InChI=1S/C26H36ClN/c1-21(2)28(20-18-22-9-4-3-5-10-22)19-8-11-23-14-16-24(17-15-23)25-12-6-7-13-26(25)27/h3-5,9-10,14-17,21,25-26H,6-8,11-13,18-20H2,1-2H3. The number of benzene rings is 2. The van der Waals surface area contributed by atoms with Crippen LogP contribution >= 0.6 is 11.6 Å². The normalized spacial score (nSPS) is 20.0. The molecule has 0 bridgehead atoms. The van der Waals surface area contributed by atoms with Crippen LogP contribution in [0.1, 0.15) is 68.6 Å². The van der Waals surface area contributed by atoms with E-state index in [9.17, 15) is 0 Å². The van der Waals surface area contributed by atoms with Gasteiger partial charge in [-0.3, -0.25) is 0 Å². The number of alkyl halides is 1. The van der Waals surface area contributed by atoms with Crippen molar-refractivity contribution in [1.82, 2.24) is 4.90 Å². The highest BCUT2D eigenvalue weighted by atomic mass is 35.5. The molecule has 0 heterocycles. The second-order valence-electron chi connectivity index (χ2n) is 8.62. The molecule has 2 heteroatoms. The van der Waals surface area contributed by atoms with Gasteiger partial charge in [-0.05, 0) is 69.2 Å². The molecule has 1 nitrogen and oxygen atoms in total. The van der Waals surface area contributed by atoms with Gasteiger partial charge in [0.25, 0.3) is 0 Å². The van der Waals surface area contributed by atoms with Crippen molar-refractivity contribution in [1.29, 1.82) is 0 Å². The summed E-state index contributed by atoms with van der Waals surface area (Å²) in [5.74, 6) is 0.555. The van der Waals surface area contributed by atoms with Crippen LogP contribution in [0.2, 0.25) is 0 Å². The van der Waals surface area contributed by atoms with E-state index in [0.717, 1.165) is 19.4 Å². The monoisotopic (exact) mass is 397 g/mol. The predicted molar refractivity (Wildman–Crippen MR) is 122 cm³/mol. The molecule has 2 aromatic carbocycles. The van der Waals surface area contributed by atoms with Crippen molar-refractivity contribution in [3.63, 3.8) is 0 Å². The highest BCUT2D eigenvalue weighted by Crippen LogP contribution is 2.36. The Balaban J connectivity index is 1.46. The zero-order chi connectivity index (χ0) is 19.8. The van der Waals surface area contributed by atoms with E-state index in [-0.39, 0.29) is 0 Å². The Morgan fingerprint density at radius 1 is 0.857 bits per heavy atom. The van der Waals surface area contributed by atoms with E-state index in [1.54, 1.807) is 0 Å². The molecule has 2 atom stereocenters. The summed E-state index contributed by atoms with van der Waals surface area (Å²) < 4.78 is 0. The van der Waals surface area contributed by atoms with E-state index in [4.69, 9.17) is 11.6 Å². The number of hydrogen-bond donors (Lipinski definition) is 0. The third-order valence-electron chi connectivity index (χ3n) is 6.26. The highest BCUT2D eigenvalue weighted by Gasteiger charge is 2.24. The summed E-state index contributed by atoms with van der Waals surface area (Å²) in [5, 5.41) is 0.323. The van der Waals surface area contributed by atoms with Crippen LogP contribution in [0.5, 0.6) is 0 Å². The van der Waals surface area contributed by atoms with Crippen LogP contribution in [0, 0.1) is 0 Å². The Hall–Kier alpha value is -1.31. The molecular weight excluding hydrogens is 362 g/mol. The van der Waals surface area contributed by atoms with Gasteiger partial charge in [0.2, 0.25) is 0 Å². The lowest BCUT2D eigenvalue weighted by Crippen LogP contribution is -2.34. The van der Waals surface area contributed by atoms with E-state index in [2.05, 4.69) is 73.3 Å². The molecule has 2 unspecified atom stereocenters. The van der Waals surface area contributed by atoms with Crippen LogP contribution in [-0.2, 0) is 12.8 Å². The molecule has 0 aromatic heterocycles. The summed E-state index contributed by atoms with van der Waals surface area (Å²) in [5.41, 5.74) is 4.33. The maximum Gasteiger partial charge on any atom is 0.0404 e. The third kappa shape index (κ3) is 6.36. The lowest BCUT2D eigenvalue weighted by Gasteiger charge is -2.27. The summed E-state index contributed by atoms with van der Waals surface area (Å²) >= 11 is 6.57. The molecular formula is C26H36ClN. The van der Waals surface area contributed by atoms with Crippen LogP contribution in [-0.4, -0.2) is 29.4 Å². The summed E-state index contributed by atoms with van der Waals surface area (Å²) in [4.78, 5) is 2.61. The van der Waals surface area contributed by atoms with Gasteiger partial charge < -0.3 is 4.90 Å². The maximum absolute atomic E-state index is 6.57. The average molecular weight is 398 g/mol. The zero-order valence-corrected chi connectivity index (χ0v) is 18.4. The van der Waals surface area contributed by atoms with Gasteiger partial charge in [-0.15, -0.1) is 11.6 Å². The third-order valence-corrected chi connectivity index (χ3v) is 6.78. The van der Waals surface area contributed by atoms with Gasteiger partial charge in [0.15, 0.2) is 0 Å². The molecule has 0 N–H and O–H groups in total. The van der Waals surface area contributed by atoms with Gasteiger partial charge in [-0.2, -0.15) is 0 Å². The molecule has 1 aliphatic carbocycles. The summed E-state index contributed by atoms with van der Waals surface area (Å²) in [6.07, 6.45) is 8.54. The first kappa shape index (κ1) is 21.4. The summed E-state index contributed by atoms with van der Waals surface area (Å²) in [6.45, 7) is 6.93. The Morgan fingerprint density at radius 3 is 2.21 bits per heavy atom. The first-order chi connectivity index (χ1) is 13.6. The molecule has 0 saturated heterocycles. The van der Waals surface area contributed by atoms with Crippen molar-refractivity contribution < 1.29 is 0 Å². The Kier molecular flexibility index (Phi) is 8.43. The smallest absolute Gasteiger partial charge is 0.0404 e. The Morgan fingerprint density at radius 2 is 1.54 bits per heavy atom. The van der Waals surface area contributed by atoms with Crippen molar-refractivity contribution in [3.05, 3.63) is 71.3 Å². The van der Waals surface area contributed by atoms with Crippen LogP contribution < -0.4 is 0 Å². The number of aryl methyl sites for hydroxylation is 1. The van der Waals surface area contributed by atoms with E-state index < -0.39 is 0 Å². The number of halogens is 1. The minimum atomic E-state index is 0.323. The van der Waals surface area contributed by atoms with Gasteiger partial charge >= 0.3 is 0 Å². The predicted octanol–water partition coefficient (Wildman–Crippen LogP) is 6.84. The van der Waals surface area contributed by atoms with Crippen LogP contribution in [0.25, 0.3) is 0 Å². The minimum absolute atomic E-state index is 0.323. The second-order valence-corrected chi connectivity index (χ2v) is 9.18. The van der Waals surface area contributed by atoms with E-state index in [1.807, 2.05) is 0 Å². The van der Waals surface area contributed by atoms with E-state index >= 15 is 0 Å². The van der Waals surface area contributed by atoms with Crippen molar-refractivity contribution in [2.24, 2.45) is 0 Å². The van der Waals surface area contributed by atoms with E-state index in [1.165, 1.54) is 55.3 Å². The molecule has 2 aromatic rings. The fourth-order valence-electron chi connectivity index (χ4n) is 4.42. The first-order valence-electron chi connectivity index (χ1n) is 11.1. The summed E-state index contributed by atoms with van der Waals surface area (Å²) in [7, 11) is 0.